The lowest BCUT2D eigenvalue weighted by Gasteiger charge is -2.16. The topological polar surface area (TPSA) is 17.3 Å². The van der Waals surface area contributed by atoms with E-state index in [0.29, 0.717) is 5.92 Å². The Hall–Kier alpha value is -1.57. The zero-order valence-electron chi connectivity index (χ0n) is 14.6. The highest BCUT2D eigenvalue weighted by molar-refractivity contribution is 6.03. The van der Waals surface area contributed by atoms with Crippen LogP contribution in [0, 0.1) is 0 Å². The van der Waals surface area contributed by atoms with Gasteiger partial charge in [-0.05, 0) is 63.3 Å². The minimum atomic E-state index is -0.0174. The fraction of sp³-hybridized carbons (Fsp3) is 0.550. The van der Waals surface area contributed by atoms with Crippen LogP contribution in [0.2, 0.25) is 0 Å². The zero-order valence-corrected chi connectivity index (χ0v) is 14.6. The number of aliphatic imine (C=N–C) groups is 1. The summed E-state index contributed by atoms with van der Waals surface area (Å²) in [6.45, 7) is 12.3. The van der Waals surface area contributed by atoms with Crippen LogP contribution < -0.4 is 0 Å². The van der Waals surface area contributed by atoms with Gasteiger partial charge >= 0.3 is 0 Å². The van der Waals surface area contributed by atoms with Crippen LogP contribution in [0.3, 0.4) is 0 Å². The second-order valence-electron chi connectivity index (χ2n) is 7.66. The number of benzene rings is 1. The van der Waals surface area contributed by atoms with E-state index in [4.69, 9.17) is 4.99 Å². The maximum atomic E-state index is 4.96. The Morgan fingerprint density at radius 1 is 1.27 bits per heavy atom. The first-order valence-electron chi connectivity index (χ1n) is 8.61. The molecule has 22 heavy (non-hydrogen) atoms. The van der Waals surface area contributed by atoms with E-state index in [1.165, 1.54) is 34.3 Å². The van der Waals surface area contributed by atoms with Crippen molar-refractivity contribution in [3.05, 3.63) is 35.5 Å². The first kappa shape index (κ1) is 15.3. The zero-order chi connectivity index (χ0) is 15.9. The van der Waals surface area contributed by atoms with E-state index in [1.807, 2.05) is 0 Å². The number of aryl methyl sites for hydroxylation is 1. The van der Waals surface area contributed by atoms with Crippen LogP contribution in [0.25, 0.3) is 10.9 Å². The van der Waals surface area contributed by atoms with E-state index in [0.717, 1.165) is 19.4 Å². The minimum absolute atomic E-state index is 0.0174. The largest absolute Gasteiger partial charge is 0.344 e. The van der Waals surface area contributed by atoms with Gasteiger partial charge in [-0.25, -0.2) is 0 Å². The maximum Gasteiger partial charge on any atom is 0.0527 e. The van der Waals surface area contributed by atoms with E-state index < -0.39 is 0 Å². The van der Waals surface area contributed by atoms with E-state index in [-0.39, 0.29) is 5.54 Å². The smallest absolute Gasteiger partial charge is 0.0527 e. The molecule has 0 radical (unpaired) electrons. The first-order valence-corrected chi connectivity index (χ1v) is 8.61. The Kier molecular flexibility index (Phi) is 3.88. The fourth-order valence-corrected chi connectivity index (χ4v) is 3.51. The van der Waals surface area contributed by atoms with Crippen molar-refractivity contribution in [3.8, 4) is 0 Å². The van der Waals surface area contributed by atoms with Crippen molar-refractivity contribution in [3.63, 3.8) is 0 Å². The number of nitrogens with zero attached hydrogens (tertiary/aromatic N) is 2. The lowest BCUT2D eigenvalue weighted by molar-refractivity contribution is 0.581. The van der Waals surface area contributed by atoms with Crippen LogP contribution in [0.5, 0.6) is 0 Å². The van der Waals surface area contributed by atoms with Crippen LogP contribution in [0.4, 0.5) is 0 Å². The summed E-state index contributed by atoms with van der Waals surface area (Å²) in [6.07, 6.45) is 3.46. The molecule has 2 nitrogen and oxygen atoms in total. The van der Waals surface area contributed by atoms with E-state index in [1.54, 1.807) is 0 Å². The molecule has 1 aliphatic rings. The van der Waals surface area contributed by atoms with Gasteiger partial charge < -0.3 is 4.57 Å². The van der Waals surface area contributed by atoms with Gasteiger partial charge in [-0.15, -0.1) is 0 Å². The molecule has 118 valence electrons. The number of aromatic nitrogens is 1. The summed E-state index contributed by atoms with van der Waals surface area (Å²) < 4.78 is 2.49. The third kappa shape index (κ3) is 2.84. The summed E-state index contributed by atoms with van der Waals surface area (Å²) in [6, 6.07) is 9.28. The van der Waals surface area contributed by atoms with Crippen LogP contribution in [-0.4, -0.2) is 15.8 Å². The van der Waals surface area contributed by atoms with Gasteiger partial charge in [-0.3, -0.25) is 4.99 Å². The van der Waals surface area contributed by atoms with Gasteiger partial charge in [0.05, 0.1) is 5.54 Å². The van der Waals surface area contributed by atoms with E-state index in [9.17, 15) is 0 Å². The molecule has 0 N–H and O–H groups in total. The van der Waals surface area contributed by atoms with Crippen molar-refractivity contribution in [1.29, 1.82) is 0 Å². The molecule has 0 amide bonds. The molecular weight excluding hydrogens is 268 g/mol. The van der Waals surface area contributed by atoms with Crippen LogP contribution in [0.15, 0.2) is 29.3 Å². The molecule has 2 heteroatoms. The molecule has 2 heterocycles. The average molecular weight is 296 g/mol. The molecule has 3 rings (SSSR count). The monoisotopic (exact) mass is 296 g/mol. The normalized spacial score (nSPS) is 19.0. The Labute approximate surface area is 134 Å². The highest BCUT2D eigenvalue weighted by Crippen LogP contribution is 2.34. The minimum Gasteiger partial charge on any atom is -0.344 e. The Balaban J connectivity index is 2.06. The summed E-state index contributed by atoms with van der Waals surface area (Å²) in [5.74, 6) is 0.689. The number of hydrogen-bond donors (Lipinski definition) is 0. The summed E-state index contributed by atoms with van der Waals surface area (Å²) in [7, 11) is 0. The summed E-state index contributed by atoms with van der Waals surface area (Å²) in [4.78, 5) is 4.96. The molecule has 0 bridgehead atoms. The summed E-state index contributed by atoms with van der Waals surface area (Å²) in [5, 5.41) is 1.37. The summed E-state index contributed by atoms with van der Waals surface area (Å²) in [5.41, 5.74) is 5.40. The van der Waals surface area contributed by atoms with Crippen LogP contribution in [-0.2, 0) is 6.54 Å². The van der Waals surface area contributed by atoms with Crippen LogP contribution in [0.1, 0.15) is 71.1 Å². The molecule has 0 spiro atoms. The third-order valence-electron chi connectivity index (χ3n) is 4.51. The molecule has 1 atom stereocenters. The number of hydrogen-bond acceptors (Lipinski definition) is 1. The molecule has 0 fully saturated rings. The first-order chi connectivity index (χ1) is 10.4. The Morgan fingerprint density at radius 3 is 2.73 bits per heavy atom. The van der Waals surface area contributed by atoms with Crippen molar-refractivity contribution in [2.24, 2.45) is 4.99 Å². The van der Waals surface area contributed by atoms with E-state index in [2.05, 4.69) is 63.5 Å². The lowest BCUT2D eigenvalue weighted by atomic mass is 10.0. The predicted molar refractivity (Wildman–Crippen MR) is 96.2 cm³/mol. The Morgan fingerprint density at radius 2 is 2.05 bits per heavy atom. The van der Waals surface area contributed by atoms with Gasteiger partial charge in [0.1, 0.15) is 0 Å². The van der Waals surface area contributed by atoms with Gasteiger partial charge in [0, 0.05) is 28.9 Å². The van der Waals surface area contributed by atoms with E-state index >= 15 is 0 Å². The molecule has 0 saturated heterocycles. The quantitative estimate of drug-likeness (QED) is 0.662. The maximum absolute atomic E-state index is 4.96. The van der Waals surface area contributed by atoms with Crippen molar-refractivity contribution < 1.29 is 0 Å². The molecule has 0 saturated carbocycles. The average Bonchev–Trinajstić information content (AvgIpc) is 2.96. The molecule has 2 aromatic rings. The highest BCUT2D eigenvalue weighted by atomic mass is 15.0. The number of fused-ring (bicyclic) bond motifs is 3. The summed E-state index contributed by atoms with van der Waals surface area (Å²) >= 11 is 0. The molecule has 1 unspecified atom stereocenters. The Bertz CT molecular complexity index is 713. The predicted octanol–water partition coefficient (Wildman–Crippen LogP) is 5.54. The van der Waals surface area contributed by atoms with Crippen molar-refractivity contribution >= 4 is 16.6 Å². The van der Waals surface area contributed by atoms with Gasteiger partial charge in [0.2, 0.25) is 0 Å². The molecule has 1 aliphatic heterocycles. The van der Waals surface area contributed by atoms with Gasteiger partial charge in [0.25, 0.3) is 0 Å². The third-order valence-corrected chi connectivity index (χ3v) is 4.51. The number of rotatable bonds is 3. The molecule has 1 aromatic heterocycles. The van der Waals surface area contributed by atoms with Crippen molar-refractivity contribution in [2.75, 3.05) is 0 Å². The van der Waals surface area contributed by atoms with Crippen molar-refractivity contribution in [1.82, 2.24) is 4.57 Å². The highest BCUT2D eigenvalue weighted by Gasteiger charge is 2.21. The second kappa shape index (κ2) is 5.57. The second-order valence-corrected chi connectivity index (χ2v) is 7.66. The molecular formula is C20H28N2. The van der Waals surface area contributed by atoms with Gasteiger partial charge in [-0.1, -0.05) is 26.3 Å². The molecule has 1 aromatic carbocycles. The SMILES string of the molecule is CCC/C(=N\C(C)(C)C)c1ccc2c(c1)cc1n2CCC1C. The molecule has 0 aliphatic carbocycles. The van der Waals surface area contributed by atoms with Gasteiger partial charge in [0.15, 0.2) is 0 Å². The lowest BCUT2D eigenvalue weighted by Crippen LogP contribution is -2.15. The van der Waals surface area contributed by atoms with Crippen molar-refractivity contribution in [2.45, 2.75) is 71.9 Å². The standard InChI is InChI=1S/C20H28N2/c1-6-7-17(21-20(3,4)5)15-8-9-18-16(12-15)13-19-14(2)10-11-22(18)19/h8-9,12-14H,6-7,10-11H2,1-5H3/b21-17+. The fourth-order valence-electron chi connectivity index (χ4n) is 3.51. The van der Waals surface area contributed by atoms with Crippen LogP contribution >= 0.6 is 0 Å². The van der Waals surface area contributed by atoms with Gasteiger partial charge in [-0.2, -0.15) is 0 Å².